The number of benzene rings is 1. The molecule has 9 nitrogen and oxygen atoms in total. The number of nitrogens with zero attached hydrogens (tertiary/aromatic N) is 3. The van der Waals surface area contributed by atoms with Gasteiger partial charge in [-0.05, 0) is 49.2 Å². The van der Waals surface area contributed by atoms with Crippen LogP contribution in [0.3, 0.4) is 0 Å². The quantitative estimate of drug-likeness (QED) is 0.442. The van der Waals surface area contributed by atoms with Crippen molar-refractivity contribution in [3.05, 3.63) is 48.4 Å². The lowest BCUT2D eigenvalue weighted by Gasteiger charge is -2.22. The maximum atomic E-state index is 12.5. The Balaban J connectivity index is 1.51. The van der Waals surface area contributed by atoms with Crippen LogP contribution in [0.15, 0.2) is 52.2 Å². The van der Waals surface area contributed by atoms with Crippen LogP contribution in [0.25, 0.3) is 11.4 Å². The number of aromatic nitrogens is 3. The summed E-state index contributed by atoms with van der Waals surface area (Å²) in [6.45, 7) is 0.408. The second-order valence-corrected chi connectivity index (χ2v) is 10.8. The molecule has 1 aromatic carbocycles. The van der Waals surface area contributed by atoms with Gasteiger partial charge in [0.2, 0.25) is 15.9 Å². The number of carbonyl (C=O) groups is 1. The van der Waals surface area contributed by atoms with Gasteiger partial charge in [0.1, 0.15) is 5.76 Å². The van der Waals surface area contributed by atoms with Crippen molar-refractivity contribution in [2.24, 2.45) is 0 Å². The summed E-state index contributed by atoms with van der Waals surface area (Å²) in [7, 11) is -3.36. The Hall–Kier alpha value is -2.79. The second kappa shape index (κ2) is 10.4. The lowest BCUT2D eigenvalue weighted by molar-refractivity contribution is -0.119. The molecule has 1 amide bonds. The molecule has 2 heterocycles. The third-order valence-electron chi connectivity index (χ3n) is 5.36. The molecule has 0 unspecified atom stereocenters. The zero-order valence-electron chi connectivity index (χ0n) is 18.4. The molecule has 0 radical (unpaired) electrons. The summed E-state index contributed by atoms with van der Waals surface area (Å²) in [4.78, 5) is 12.5. The molecule has 2 aromatic heterocycles. The summed E-state index contributed by atoms with van der Waals surface area (Å²) < 4.78 is 32.8. The van der Waals surface area contributed by atoms with Gasteiger partial charge < -0.3 is 9.73 Å². The van der Waals surface area contributed by atoms with E-state index in [1.165, 1.54) is 18.2 Å². The summed E-state index contributed by atoms with van der Waals surface area (Å²) in [5.74, 6) is 1.59. The minimum atomic E-state index is -3.36. The fourth-order valence-corrected chi connectivity index (χ4v) is 5.17. The molecule has 0 spiro atoms. The van der Waals surface area contributed by atoms with E-state index in [1.54, 1.807) is 30.5 Å². The van der Waals surface area contributed by atoms with Gasteiger partial charge >= 0.3 is 0 Å². The Kier molecular flexibility index (Phi) is 7.39. The lowest BCUT2D eigenvalue weighted by atomic mass is 9.95. The van der Waals surface area contributed by atoms with Crippen molar-refractivity contribution in [2.45, 2.75) is 49.8 Å². The zero-order valence-corrected chi connectivity index (χ0v) is 20.0. The molecule has 0 saturated heterocycles. The van der Waals surface area contributed by atoms with E-state index in [0.29, 0.717) is 23.2 Å². The van der Waals surface area contributed by atoms with Gasteiger partial charge in [-0.2, -0.15) is 0 Å². The summed E-state index contributed by atoms with van der Waals surface area (Å²) in [6.07, 6.45) is 8.36. The SMILES string of the molecule is CS(=O)(=O)Nc1ccc(-c2nnc(SCC(=O)NC3CCCCC3)n2Cc2ccco2)cc1. The third kappa shape index (κ3) is 6.61. The van der Waals surface area contributed by atoms with Crippen molar-refractivity contribution >= 4 is 33.4 Å². The topological polar surface area (TPSA) is 119 Å². The first-order valence-corrected chi connectivity index (χ1v) is 13.7. The van der Waals surface area contributed by atoms with Gasteiger partial charge in [-0.3, -0.25) is 14.1 Å². The van der Waals surface area contributed by atoms with Crippen molar-refractivity contribution in [3.63, 3.8) is 0 Å². The molecular formula is C22H27N5O4S2. The number of rotatable bonds is 9. The highest BCUT2D eigenvalue weighted by Gasteiger charge is 2.19. The van der Waals surface area contributed by atoms with Crippen molar-refractivity contribution in [1.29, 1.82) is 0 Å². The van der Waals surface area contributed by atoms with Crippen LogP contribution in [-0.4, -0.2) is 47.1 Å². The number of hydrogen-bond donors (Lipinski definition) is 2. The molecule has 0 aliphatic heterocycles. The number of nitrogens with one attached hydrogen (secondary N) is 2. The van der Waals surface area contributed by atoms with Gasteiger partial charge in [-0.1, -0.05) is 31.0 Å². The van der Waals surface area contributed by atoms with Gasteiger partial charge in [-0.15, -0.1) is 10.2 Å². The monoisotopic (exact) mass is 489 g/mol. The van der Waals surface area contributed by atoms with Crippen LogP contribution in [0.4, 0.5) is 5.69 Å². The zero-order chi connectivity index (χ0) is 23.3. The summed E-state index contributed by atoms with van der Waals surface area (Å²) in [6, 6.07) is 10.9. The van der Waals surface area contributed by atoms with Crippen LogP contribution in [-0.2, 0) is 21.4 Å². The van der Waals surface area contributed by atoms with E-state index in [2.05, 4.69) is 20.2 Å². The molecule has 176 valence electrons. The number of anilines is 1. The van der Waals surface area contributed by atoms with Gasteiger partial charge in [0.05, 0.1) is 24.8 Å². The highest BCUT2D eigenvalue weighted by atomic mass is 32.2. The van der Waals surface area contributed by atoms with E-state index in [1.807, 2.05) is 16.7 Å². The molecule has 33 heavy (non-hydrogen) atoms. The lowest BCUT2D eigenvalue weighted by Crippen LogP contribution is -2.37. The predicted octanol–water partition coefficient (Wildman–Crippen LogP) is 3.50. The first kappa shape index (κ1) is 23.4. The van der Waals surface area contributed by atoms with Crippen LogP contribution >= 0.6 is 11.8 Å². The number of hydrogen-bond acceptors (Lipinski definition) is 7. The molecule has 0 bridgehead atoms. The smallest absolute Gasteiger partial charge is 0.230 e. The molecule has 1 aliphatic carbocycles. The molecule has 1 fully saturated rings. The average Bonchev–Trinajstić information content (AvgIpc) is 3.43. The van der Waals surface area contributed by atoms with E-state index in [9.17, 15) is 13.2 Å². The van der Waals surface area contributed by atoms with Crippen LogP contribution in [0.5, 0.6) is 0 Å². The molecule has 3 aromatic rings. The second-order valence-electron chi connectivity index (χ2n) is 8.11. The van der Waals surface area contributed by atoms with Gasteiger partial charge in [0.15, 0.2) is 11.0 Å². The Bertz CT molecular complexity index is 1170. The Labute approximate surface area is 197 Å². The summed E-state index contributed by atoms with van der Waals surface area (Å²) in [5.41, 5.74) is 1.24. The average molecular weight is 490 g/mol. The Morgan fingerprint density at radius 3 is 2.58 bits per heavy atom. The van der Waals surface area contributed by atoms with Crippen LogP contribution in [0.1, 0.15) is 37.9 Å². The number of thioether (sulfide) groups is 1. The minimum absolute atomic E-state index is 0.00259. The fraction of sp³-hybridized carbons (Fsp3) is 0.409. The van der Waals surface area contributed by atoms with Crippen molar-refractivity contribution in [2.75, 3.05) is 16.7 Å². The molecule has 2 N–H and O–H groups in total. The number of amides is 1. The maximum Gasteiger partial charge on any atom is 0.230 e. The van der Waals surface area contributed by atoms with Crippen molar-refractivity contribution < 1.29 is 17.6 Å². The van der Waals surface area contributed by atoms with Crippen LogP contribution in [0, 0.1) is 0 Å². The van der Waals surface area contributed by atoms with E-state index >= 15 is 0 Å². The van der Waals surface area contributed by atoms with E-state index in [-0.39, 0.29) is 17.7 Å². The van der Waals surface area contributed by atoms with Crippen LogP contribution < -0.4 is 10.0 Å². The van der Waals surface area contributed by atoms with Gasteiger partial charge in [-0.25, -0.2) is 8.42 Å². The molecule has 1 aliphatic rings. The van der Waals surface area contributed by atoms with Gasteiger partial charge in [0.25, 0.3) is 0 Å². The highest BCUT2D eigenvalue weighted by molar-refractivity contribution is 7.99. The number of furan rings is 1. The molecule has 4 rings (SSSR count). The first-order chi connectivity index (χ1) is 15.9. The fourth-order valence-electron chi connectivity index (χ4n) is 3.86. The normalized spacial score (nSPS) is 14.8. The Morgan fingerprint density at radius 2 is 1.91 bits per heavy atom. The van der Waals surface area contributed by atoms with E-state index < -0.39 is 10.0 Å². The van der Waals surface area contributed by atoms with Crippen molar-refractivity contribution in [1.82, 2.24) is 20.1 Å². The summed E-state index contributed by atoms with van der Waals surface area (Å²) in [5, 5.41) is 12.4. The number of carbonyl (C=O) groups excluding carboxylic acids is 1. The number of sulfonamides is 1. The molecular weight excluding hydrogens is 462 g/mol. The molecule has 11 heteroatoms. The maximum absolute atomic E-state index is 12.5. The standard InChI is InChI=1S/C22H27N5O4S2/c1-33(29,30)26-18-11-9-16(10-12-18)21-24-25-22(27(21)14-19-8-5-13-31-19)32-15-20(28)23-17-6-3-2-4-7-17/h5,8-13,17,26H,2-4,6-7,14-15H2,1H3,(H,23,28). The molecule has 1 saturated carbocycles. The first-order valence-electron chi connectivity index (χ1n) is 10.8. The minimum Gasteiger partial charge on any atom is -0.467 e. The third-order valence-corrected chi connectivity index (χ3v) is 6.93. The van der Waals surface area contributed by atoms with E-state index in [4.69, 9.17) is 4.42 Å². The van der Waals surface area contributed by atoms with Crippen molar-refractivity contribution in [3.8, 4) is 11.4 Å². The van der Waals surface area contributed by atoms with Crippen LogP contribution in [0.2, 0.25) is 0 Å². The molecule has 0 atom stereocenters. The van der Waals surface area contributed by atoms with E-state index in [0.717, 1.165) is 43.3 Å². The highest BCUT2D eigenvalue weighted by Crippen LogP contribution is 2.27. The summed E-state index contributed by atoms with van der Waals surface area (Å²) >= 11 is 1.34. The predicted molar refractivity (Wildman–Crippen MR) is 127 cm³/mol. The van der Waals surface area contributed by atoms with Gasteiger partial charge in [0, 0.05) is 17.3 Å². The largest absolute Gasteiger partial charge is 0.467 e. The Morgan fingerprint density at radius 1 is 1.15 bits per heavy atom.